The molecular formula is C12H19NO2. The second-order valence-electron chi connectivity index (χ2n) is 3.81. The van der Waals surface area contributed by atoms with Gasteiger partial charge in [-0.25, -0.2) is 0 Å². The number of benzene rings is 1. The van der Waals surface area contributed by atoms with Gasteiger partial charge in [-0.3, -0.25) is 0 Å². The SMILES string of the molecule is CCc1cc(OC)c(O)c(N(C)C)c1C. The lowest BCUT2D eigenvalue weighted by atomic mass is 10.0. The van der Waals surface area contributed by atoms with Gasteiger partial charge < -0.3 is 14.7 Å². The number of anilines is 1. The number of aromatic hydroxyl groups is 1. The molecule has 3 nitrogen and oxygen atoms in total. The smallest absolute Gasteiger partial charge is 0.181 e. The minimum Gasteiger partial charge on any atom is -0.503 e. The fourth-order valence-electron chi connectivity index (χ4n) is 1.85. The normalized spacial score (nSPS) is 10.2. The van der Waals surface area contributed by atoms with E-state index in [1.54, 1.807) is 7.11 Å². The molecular weight excluding hydrogens is 190 g/mol. The summed E-state index contributed by atoms with van der Waals surface area (Å²) in [5.41, 5.74) is 3.15. The Morgan fingerprint density at radius 2 is 2.00 bits per heavy atom. The molecule has 1 aromatic carbocycles. The second kappa shape index (κ2) is 4.43. The summed E-state index contributed by atoms with van der Waals surface area (Å²) in [5.74, 6) is 0.762. The largest absolute Gasteiger partial charge is 0.503 e. The number of phenols is 1. The Hall–Kier alpha value is -1.38. The van der Waals surface area contributed by atoms with Gasteiger partial charge >= 0.3 is 0 Å². The lowest BCUT2D eigenvalue weighted by molar-refractivity contribution is 0.373. The molecule has 0 aromatic heterocycles. The summed E-state index contributed by atoms with van der Waals surface area (Å²) in [7, 11) is 5.41. The molecule has 0 heterocycles. The molecule has 0 saturated carbocycles. The van der Waals surface area contributed by atoms with E-state index in [0.717, 1.165) is 17.7 Å². The van der Waals surface area contributed by atoms with Gasteiger partial charge in [-0.05, 0) is 30.5 Å². The summed E-state index contributed by atoms with van der Waals surface area (Å²) < 4.78 is 5.16. The molecule has 0 fully saturated rings. The molecule has 0 aliphatic heterocycles. The van der Waals surface area contributed by atoms with E-state index in [1.807, 2.05) is 32.0 Å². The number of nitrogens with zero attached hydrogens (tertiary/aromatic N) is 1. The third kappa shape index (κ3) is 2.01. The Morgan fingerprint density at radius 1 is 1.40 bits per heavy atom. The second-order valence-corrected chi connectivity index (χ2v) is 3.81. The first-order valence-corrected chi connectivity index (χ1v) is 5.09. The van der Waals surface area contributed by atoms with Crippen LogP contribution in [0.15, 0.2) is 6.07 Å². The average molecular weight is 209 g/mol. The number of methoxy groups -OCH3 is 1. The predicted octanol–water partition coefficient (Wildman–Crippen LogP) is 2.34. The van der Waals surface area contributed by atoms with Gasteiger partial charge in [0, 0.05) is 14.1 Å². The highest BCUT2D eigenvalue weighted by Gasteiger charge is 2.15. The highest BCUT2D eigenvalue weighted by Crippen LogP contribution is 2.40. The lowest BCUT2D eigenvalue weighted by Crippen LogP contribution is -2.12. The minimum absolute atomic E-state index is 0.220. The highest BCUT2D eigenvalue weighted by atomic mass is 16.5. The van der Waals surface area contributed by atoms with Crippen LogP contribution >= 0.6 is 0 Å². The molecule has 0 saturated heterocycles. The first-order valence-electron chi connectivity index (χ1n) is 5.09. The van der Waals surface area contributed by atoms with Gasteiger partial charge in [0.15, 0.2) is 11.5 Å². The Kier molecular flexibility index (Phi) is 3.45. The first kappa shape index (κ1) is 11.7. The first-order chi connectivity index (χ1) is 7.02. The van der Waals surface area contributed by atoms with Crippen molar-refractivity contribution in [2.45, 2.75) is 20.3 Å². The van der Waals surface area contributed by atoms with Gasteiger partial charge in [0.05, 0.1) is 12.8 Å². The van der Waals surface area contributed by atoms with Crippen molar-refractivity contribution in [3.8, 4) is 11.5 Å². The van der Waals surface area contributed by atoms with Gasteiger partial charge in [-0.15, -0.1) is 0 Å². The van der Waals surface area contributed by atoms with E-state index in [0.29, 0.717) is 5.75 Å². The summed E-state index contributed by atoms with van der Waals surface area (Å²) in [6.07, 6.45) is 0.934. The predicted molar refractivity (Wildman–Crippen MR) is 63.1 cm³/mol. The zero-order chi connectivity index (χ0) is 11.6. The maximum Gasteiger partial charge on any atom is 0.181 e. The zero-order valence-electron chi connectivity index (χ0n) is 10.1. The number of hydrogen-bond acceptors (Lipinski definition) is 3. The van der Waals surface area contributed by atoms with Crippen molar-refractivity contribution in [2.24, 2.45) is 0 Å². The monoisotopic (exact) mass is 209 g/mol. The van der Waals surface area contributed by atoms with E-state index in [9.17, 15) is 5.11 Å². The molecule has 1 aromatic rings. The molecule has 0 aliphatic carbocycles. The van der Waals surface area contributed by atoms with Gasteiger partial charge in [0.2, 0.25) is 0 Å². The van der Waals surface area contributed by atoms with Gasteiger partial charge in [0.25, 0.3) is 0 Å². The van der Waals surface area contributed by atoms with E-state index in [4.69, 9.17) is 4.74 Å². The molecule has 3 heteroatoms. The van der Waals surface area contributed by atoms with Crippen LogP contribution in [0, 0.1) is 6.92 Å². The van der Waals surface area contributed by atoms with Crippen molar-refractivity contribution in [1.29, 1.82) is 0 Å². The van der Waals surface area contributed by atoms with Crippen LogP contribution in [-0.2, 0) is 6.42 Å². The molecule has 0 spiro atoms. The van der Waals surface area contributed by atoms with Crippen molar-refractivity contribution < 1.29 is 9.84 Å². The van der Waals surface area contributed by atoms with E-state index in [1.165, 1.54) is 5.56 Å². The number of aryl methyl sites for hydroxylation is 1. The molecule has 0 amide bonds. The molecule has 0 bridgehead atoms. The van der Waals surface area contributed by atoms with Crippen molar-refractivity contribution in [3.63, 3.8) is 0 Å². The maximum atomic E-state index is 9.99. The molecule has 0 atom stereocenters. The Morgan fingerprint density at radius 3 is 2.40 bits per heavy atom. The highest BCUT2D eigenvalue weighted by molar-refractivity contribution is 5.69. The molecule has 1 rings (SSSR count). The van der Waals surface area contributed by atoms with Crippen LogP contribution < -0.4 is 9.64 Å². The molecule has 0 aliphatic rings. The van der Waals surface area contributed by atoms with Crippen LogP contribution in [0.1, 0.15) is 18.1 Å². The van der Waals surface area contributed by atoms with Gasteiger partial charge in [-0.2, -0.15) is 0 Å². The van der Waals surface area contributed by atoms with Gasteiger partial charge in [-0.1, -0.05) is 6.92 Å². The summed E-state index contributed by atoms with van der Waals surface area (Å²) in [6.45, 7) is 4.12. The van der Waals surface area contributed by atoms with E-state index in [2.05, 4.69) is 6.92 Å². The fraction of sp³-hybridized carbons (Fsp3) is 0.500. The number of hydrogen-bond donors (Lipinski definition) is 1. The number of ether oxygens (including phenoxy) is 1. The zero-order valence-corrected chi connectivity index (χ0v) is 10.1. The van der Waals surface area contributed by atoms with Crippen LogP contribution in [0.2, 0.25) is 0 Å². The Labute approximate surface area is 91.3 Å². The van der Waals surface area contributed by atoms with E-state index < -0.39 is 0 Å². The van der Waals surface area contributed by atoms with Gasteiger partial charge in [0.1, 0.15) is 0 Å². The summed E-state index contributed by atoms with van der Waals surface area (Å²) in [5, 5.41) is 9.99. The number of rotatable bonds is 3. The summed E-state index contributed by atoms with van der Waals surface area (Å²) >= 11 is 0. The van der Waals surface area contributed by atoms with E-state index >= 15 is 0 Å². The van der Waals surface area contributed by atoms with Crippen molar-refractivity contribution in [1.82, 2.24) is 0 Å². The molecule has 84 valence electrons. The van der Waals surface area contributed by atoms with Crippen LogP contribution in [-0.4, -0.2) is 26.3 Å². The van der Waals surface area contributed by atoms with Crippen molar-refractivity contribution in [2.75, 3.05) is 26.1 Å². The third-order valence-corrected chi connectivity index (χ3v) is 2.65. The van der Waals surface area contributed by atoms with Crippen molar-refractivity contribution >= 4 is 5.69 Å². The minimum atomic E-state index is 0.220. The molecule has 0 unspecified atom stereocenters. The maximum absolute atomic E-state index is 9.99. The third-order valence-electron chi connectivity index (χ3n) is 2.65. The van der Waals surface area contributed by atoms with Crippen molar-refractivity contribution in [3.05, 3.63) is 17.2 Å². The van der Waals surface area contributed by atoms with Crippen LogP contribution in [0.4, 0.5) is 5.69 Å². The average Bonchev–Trinajstić information content (AvgIpc) is 2.18. The molecule has 0 radical (unpaired) electrons. The quantitative estimate of drug-likeness (QED) is 0.829. The van der Waals surface area contributed by atoms with E-state index in [-0.39, 0.29) is 5.75 Å². The molecule has 1 N–H and O–H groups in total. The standard InChI is InChI=1S/C12H19NO2/c1-6-9-7-10(15-5)12(14)11(8(9)2)13(3)4/h7,14H,6H2,1-5H3. The Bertz CT molecular complexity index is 331. The van der Waals surface area contributed by atoms with Crippen LogP contribution in [0.3, 0.4) is 0 Å². The van der Waals surface area contributed by atoms with Crippen LogP contribution in [0.5, 0.6) is 11.5 Å². The fourth-order valence-corrected chi connectivity index (χ4v) is 1.85. The Balaban J connectivity index is 3.46. The number of phenolic OH excluding ortho intramolecular Hbond substituents is 1. The lowest BCUT2D eigenvalue weighted by Gasteiger charge is -2.21. The summed E-state index contributed by atoms with van der Waals surface area (Å²) in [4.78, 5) is 1.91. The van der Waals surface area contributed by atoms with Crippen LogP contribution in [0.25, 0.3) is 0 Å². The molecule has 15 heavy (non-hydrogen) atoms. The summed E-state index contributed by atoms with van der Waals surface area (Å²) in [6, 6.07) is 1.90. The topological polar surface area (TPSA) is 32.7 Å².